The molecule has 0 saturated heterocycles. The lowest BCUT2D eigenvalue weighted by Gasteiger charge is -2.05. The summed E-state index contributed by atoms with van der Waals surface area (Å²) in [4.78, 5) is 1.33. The van der Waals surface area contributed by atoms with Crippen molar-refractivity contribution in [1.82, 2.24) is 0 Å². The minimum Gasteiger partial charge on any atom is -1.00 e. The fourth-order valence-electron chi connectivity index (χ4n) is 2.40. The number of aryl methyl sites for hydroxylation is 1. The quantitative estimate of drug-likeness (QED) is 0.356. The monoisotopic (exact) mass is 275 g/mol. The topological polar surface area (TPSA) is 3.88 Å². The molecule has 0 spiro atoms. The summed E-state index contributed by atoms with van der Waals surface area (Å²) < 4.78 is 2.23. The summed E-state index contributed by atoms with van der Waals surface area (Å²) in [7, 11) is 2.12. The Morgan fingerprint density at radius 3 is 2.44 bits per heavy atom. The van der Waals surface area contributed by atoms with Crippen LogP contribution in [0.4, 0.5) is 0 Å². The van der Waals surface area contributed by atoms with Crippen molar-refractivity contribution in [3.8, 4) is 0 Å². The molecule has 0 amide bonds. The number of rotatable bonds is 1. The molecule has 0 aliphatic heterocycles. The normalized spacial score (nSPS) is 10.6. The maximum absolute atomic E-state index is 2.23. The van der Waals surface area contributed by atoms with E-state index in [-0.39, 0.29) is 12.4 Å². The second kappa shape index (κ2) is 5.17. The smallest absolute Gasteiger partial charge is 0.226 e. The van der Waals surface area contributed by atoms with Crippen LogP contribution in [0.25, 0.3) is 21.7 Å². The number of aromatic nitrogens is 1. The second-order valence-electron chi connectivity index (χ2n) is 4.18. The number of hydrogen-bond donors (Lipinski definition) is 0. The molecular weight excluding hydrogens is 262 g/mol. The average molecular weight is 276 g/mol. The molecule has 0 unspecified atom stereocenters. The zero-order valence-electron chi connectivity index (χ0n) is 10.4. The number of thioether (sulfide) groups is 1. The Kier molecular flexibility index (Phi) is 3.79. The molecule has 92 valence electrons. The number of fused-ring (bicyclic) bond motifs is 3. The Morgan fingerprint density at radius 2 is 1.67 bits per heavy atom. The molecule has 0 radical (unpaired) electrons. The van der Waals surface area contributed by atoms with Gasteiger partial charge in [-0.05, 0) is 24.5 Å². The standard InChI is InChI=1S/C15H14NS.ClH/c1-16-10-11-6-3-4-7-12(11)13-8-5-9-14(17-2)15(13)16;/h3-10H,1-2H3;1H/q+1;/p-1. The van der Waals surface area contributed by atoms with E-state index in [1.54, 1.807) is 11.8 Å². The minimum atomic E-state index is 0. The first-order valence-electron chi connectivity index (χ1n) is 5.65. The van der Waals surface area contributed by atoms with Crippen LogP contribution in [0.15, 0.2) is 53.6 Å². The maximum atomic E-state index is 2.23. The van der Waals surface area contributed by atoms with Crippen LogP contribution < -0.4 is 17.0 Å². The zero-order chi connectivity index (χ0) is 11.8. The maximum Gasteiger partial charge on any atom is 0.226 e. The van der Waals surface area contributed by atoms with Crippen LogP contribution in [0.1, 0.15) is 0 Å². The molecule has 0 bridgehead atoms. The van der Waals surface area contributed by atoms with Crippen LogP contribution in [0, 0.1) is 0 Å². The van der Waals surface area contributed by atoms with Crippen LogP contribution in [-0.4, -0.2) is 6.26 Å². The molecule has 0 saturated carbocycles. The summed E-state index contributed by atoms with van der Waals surface area (Å²) in [6, 6.07) is 15.1. The van der Waals surface area contributed by atoms with Crippen molar-refractivity contribution >= 4 is 33.4 Å². The first kappa shape index (κ1) is 13.2. The van der Waals surface area contributed by atoms with Crippen molar-refractivity contribution in [2.75, 3.05) is 6.26 Å². The number of halogens is 1. The van der Waals surface area contributed by atoms with Crippen molar-refractivity contribution < 1.29 is 17.0 Å². The van der Waals surface area contributed by atoms with Gasteiger partial charge in [0.15, 0.2) is 6.20 Å². The molecule has 3 aromatic rings. The highest BCUT2D eigenvalue weighted by atomic mass is 35.5. The molecule has 1 nitrogen and oxygen atoms in total. The number of benzene rings is 2. The van der Waals surface area contributed by atoms with Gasteiger partial charge in [0.25, 0.3) is 0 Å². The Labute approximate surface area is 117 Å². The van der Waals surface area contributed by atoms with Crippen LogP contribution in [0.5, 0.6) is 0 Å². The van der Waals surface area contributed by atoms with E-state index >= 15 is 0 Å². The highest BCUT2D eigenvalue weighted by Gasteiger charge is 2.13. The fraction of sp³-hybridized carbons (Fsp3) is 0.133. The average Bonchev–Trinajstić information content (AvgIpc) is 2.38. The van der Waals surface area contributed by atoms with E-state index in [1.807, 2.05) is 0 Å². The molecule has 0 fully saturated rings. The van der Waals surface area contributed by atoms with Crippen LogP contribution in [0.2, 0.25) is 0 Å². The van der Waals surface area contributed by atoms with Crippen LogP contribution in [-0.2, 0) is 7.05 Å². The Hall–Kier alpha value is -1.25. The SMILES string of the molecule is CSc1cccc2c3ccccc3c[n+](C)c12.[Cl-]. The van der Waals surface area contributed by atoms with Gasteiger partial charge in [-0.1, -0.05) is 24.3 Å². The highest BCUT2D eigenvalue weighted by Crippen LogP contribution is 2.28. The van der Waals surface area contributed by atoms with E-state index in [0.717, 1.165) is 0 Å². The van der Waals surface area contributed by atoms with E-state index in [4.69, 9.17) is 0 Å². The molecule has 3 rings (SSSR count). The lowest BCUT2D eigenvalue weighted by atomic mass is 10.1. The van der Waals surface area contributed by atoms with Crippen molar-refractivity contribution in [2.45, 2.75) is 4.90 Å². The van der Waals surface area contributed by atoms with Crippen molar-refractivity contribution in [3.63, 3.8) is 0 Å². The highest BCUT2D eigenvalue weighted by molar-refractivity contribution is 7.98. The number of pyridine rings is 1. The van der Waals surface area contributed by atoms with Gasteiger partial charge in [-0.25, -0.2) is 0 Å². The minimum absolute atomic E-state index is 0. The molecule has 0 aliphatic rings. The Balaban J connectivity index is 0.00000120. The number of para-hydroxylation sites is 1. The number of nitrogens with zero attached hydrogens (tertiary/aromatic N) is 1. The van der Waals surface area contributed by atoms with E-state index < -0.39 is 0 Å². The van der Waals surface area contributed by atoms with Gasteiger partial charge in [0, 0.05) is 10.8 Å². The van der Waals surface area contributed by atoms with Gasteiger partial charge in [0.1, 0.15) is 7.05 Å². The van der Waals surface area contributed by atoms with Gasteiger partial charge in [0.2, 0.25) is 5.52 Å². The molecule has 2 aromatic carbocycles. The van der Waals surface area contributed by atoms with Gasteiger partial charge in [0.05, 0.1) is 10.3 Å². The van der Waals surface area contributed by atoms with Gasteiger partial charge in [-0.2, -0.15) is 4.57 Å². The van der Waals surface area contributed by atoms with Crippen molar-refractivity contribution in [3.05, 3.63) is 48.7 Å². The molecule has 3 heteroatoms. The Bertz CT molecular complexity index is 709. The summed E-state index contributed by atoms with van der Waals surface area (Å²) in [5, 5.41) is 3.95. The molecule has 0 atom stereocenters. The van der Waals surface area contributed by atoms with Crippen molar-refractivity contribution in [2.24, 2.45) is 7.05 Å². The summed E-state index contributed by atoms with van der Waals surface area (Å²) in [6.45, 7) is 0. The largest absolute Gasteiger partial charge is 1.00 e. The number of hydrogen-bond acceptors (Lipinski definition) is 1. The van der Waals surface area contributed by atoms with E-state index in [1.165, 1.54) is 26.6 Å². The lowest BCUT2D eigenvalue weighted by molar-refractivity contribution is -0.644. The molecule has 1 aromatic heterocycles. The second-order valence-corrected chi connectivity index (χ2v) is 5.03. The predicted octanol–water partition coefficient (Wildman–Crippen LogP) is 0.543. The lowest BCUT2D eigenvalue weighted by Crippen LogP contribution is -3.00. The third-order valence-corrected chi connectivity index (χ3v) is 3.92. The van der Waals surface area contributed by atoms with Gasteiger partial charge in [-0.3, -0.25) is 0 Å². The third-order valence-electron chi connectivity index (χ3n) is 3.16. The molecule has 1 heterocycles. The van der Waals surface area contributed by atoms with Crippen LogP contribution >= 0.6 is 11.8 Å². The third kappa shape index (κ3) is 1.96. The predicted molar refractivity (Wildman–Crippen MR) is 74.4 cm³/mol. The first-order chi connectivity index (χ1) is 8.31. The molecular formula is C15H14ClNS. The summed E-state index contributed by atoms with van der Waals surface area (Å²) in [5.41, 5.74) is 1.32. The molecule has 0 aliphatic carbocycles. The molecule has 0 N–H and O–H groups in total. The summed E-state index contributed by atoms with van der Waals surface area (Å²) in [6.07, 6.45) is 4.33. The fourth-order valence-corrected chi connectivity index (χ4v) is 3.06. The van der Waals surface area contributed by atoms with Gasteiger partial charge in [-0.15, -0.1) is 11.8 Å². The molecule has 18 heavy (non-hydrogen) atoms. The van der Waals surface area contributed by atoms with E-state index in [0.29, 0.717) is 0 Å². The van der Waals surface area contributed by atoms with Crippen molar-refractivity contribution in [1.29, 1.82) is 0 Å². The van der Waals surface area contributed by atoms with E-state index in [2.05, 4.69) is 66.5 Å². The van der Waals surface area contributed by atoms with Crippen LogP contribution in [0.3, 0.4) is 0 Å². The summed E-state index contributed by atoms with van der Waals surface area (Å²) >= 11 is 1.80. The zero-order valence-corrected chi connectivity index (χ0v) is 11.9. The van der Waals surface area contributed by atoms with E-state index in [9.17, 15) is 0 Å². The van der Waals surface area contributed by atoms with Gasteiger partial charge >= 0.3 is 0 Å². The first-order valence-corrected chi connectivity index (χ1v) is 6.88. The Morgan fingerprint density at radius 1 is 0.944 bits per heavy atom. The summed E-state index contributed by atoms with van der Waals surface area (Å²) in [5.74, 6) is 0. The van der Waals surface area contributed by atoms with Gasteiger partial charge < -0.3 is 12.4 Å².